The maximum absolute atomic E-state index is 14.2. The first-order valence-corrected chi connectivity index (χ1v) is 37.0. The standard InChI is InChI=1S/C70H131N19O15/c1-17-40(11)55(75)58(92)57(91)49(35-54(74)90)84-68(102)52(33-38(7)8)87-65(99)47(26-20-23-29-72)81-60(94)44(15)80-67(101)51(32-37(5)6)85-61(95)43(14)77-59(93)42(13)79-66(100)50(31-36(3)4)86-62(96)45(16)78-63(97)46(25-19-22-28-71)82-64(98)48(27-21-24-30-73)83-70(104)56(41(12)18-2)88-69(103)53(89-76)34-39(9)10/h36-53,55-56,89H,17-35,71-73,75-76H2,1-16H3,(H2,74,90)(H,77,93)(H,78,97)(H,79,100)(H,80,101)(H,81,94)(H,82,98)(H,83,104)(H,84,102)(H,85,95)(H,86,96)(H,87,99)(H,88,103). The largest absolute Gasteiger partial charge is 0.370 e. The van der Waals surface area contributed by atoms with Crippen molar-refractivity contribution in [3.05, 3.63) is 0 Å². The number of hydrazine groups is 1. The Hall–Kier alpha value is -7.79. The quantitative estimate of drug-likeness (QED) is 0.0132. The molecule has 104 heavy (non-hydrogen) atoms. The third-order valence-corrected chi connectivity index (χ3v) is 17.6. The zero-order valence-electron chi connectivity index (χ0n) is 64.6. The second kappa shape index (κ2) is 50.6. The van der Waals surface area contributed by atoms with Gasteiger partial charge in [-0.05, 0) is 166 Å². The van der Waals surface area contributed by atoms with E-state index in [2.05, 4.69) is 69.2 Å². The van der Waals surface area contributed by atoms with Gasteiger partial charge in [-0.2, -0.15) is 0 Å². The molecule has 0 rings (SSSR count). The number of carbonyl (C=O) groups excluding carboxylic acids is 15. The fraction of sp³-hybridized carbons (Fsp3) is 0.786. The third kappa shape index (κ3) is 36.8. The van der Waals surface area contributed by atoms with Gasteiger partial charge in [0.15, 0.2) is 0 Å². The van der Waals surface area contributed by atoms with Crippen molar-refractivity contribution in [1.29, 1.82) is 0 Å². The number of amides is 13. The van der Waals surface area contributed by atoms with Crippen LogP contribution in [0.25, 0.3) is 0 Å². The van der Waals surface area contributed by atoms with E-state index in [0.717, 1.165) is 0 Å². The molecular weight excluding hydrogens is 1350 g/mol. The molecule has 0 spiro atoms. The van der Waals surface area contributed by atoms with Crippen LogP contribution in [-0.2, 0) is 71.9 Å². The number of nitrogens with one attached hydrogen (secondary N) is 13. The van der Waals surface area contributed by atoms with Crippen molar-refractivity contribution in [2.75, 3.05) is 19.6 Å². The Balaban J connectivity index is 6.38. The first-order valence-electron chi connectivity index (χ1n) is 37.0. The number of unbranched alkanes of at least 4 members (excludes halogenated alkanes) is 3. The highest BCUT2D eigenvalue weighted by Crippen LogP contribution is 2.16. The number of nitrogens with two attached hydrogens (primary N) is 6. The molecule has 0 bridgehead atoms. The lowest BCUT2D eigenvalue weighted by molar-refractivity contribution is -0.141. The average molecular weight is 1480 g/mol. The van der Waals surface area contributed by atoms with Crippen LogP contribution in [0.15, 0.2) is 0 Å². The van der Waals surface area contributed by atoms with Crippen LogP contribution in [0.3, 0.4) is 0 Å². The molecule has 16 unspecified atom stereocenters. The summed E-state index contributed by atoms with van der Waals surface area (Å²) in [6.07, 6.45) is 3.56. The molecule has 0 fully saturated rings. The monoisotopic (exact) mass is 1480 g/mol. The van der Waals surface area contributed by atoms with E-state index in [1.165, 1.54) is 27.7 Å². The Kier molecular flexibility index (Phi) is 46.8. The summed E-state index contributed by atoms with van der Waals surface area (Å²) in [6, 6.07) is -17.5. The van der Waals surface area contributed by atoms with E-state index in [4.69, 9.17) is 34.5 Å². The van der Waals surface area contributed by atoms with Gasteiger partial charge in [0.25, 0.3) is 0 Å². The molecule has 34 heteroatoms. The van der Waals surface area contributed by atoms with Gasteiger partial charge in [0, 0.05) is 0 Å². The van der Waals surface area contributed by atoms with Gasteiger partial charge in [-0.25, -0.2) is 5.43 Å². The van der Waals surface area contributed by atoms with Crippen LogP contribution in [0.4, 0.5) is 0 Å². The fourth-order valence-electron chi connectivity index (χ4n) is 10.8. The molecule has 0 saturated carbocycles. The number of carbonyl (C=O) groups is 15. The molecule has 16 atom stereocenters. The average Bonchev–Trinajstić information content (AvgIpc) is 0.844. The Morgan fingerprint density at radius 1 is 0.298 bits per heavy atom. The highest BCUT2D eigenvalue weighted by Gasteiger charge is 2.39. The molecular formula is C70H131N19O15. The smallest absolute Gasteiger partial charge is 0.243 e. The Bertz CT molecular complexity index is 2790. The van der Waals surface area contributed by atoms with Gasteiger partial charge in [-0.1, -0.05) is 95.9 Å². The van der Waals surface area contributed by atoms with E-state index in [-0.39, 0.29) is 81.2 Å². The molecule has 0 saturated heterocycles. The second-order valence-electron chi connectivity index (χ2n) is 29.1. The minimum atomic E-state index is -1.69. The van der Waals surface area contributed by atoms with Gasteiger partial charge in [-0.15, -0.1) is 0 Å². The Labute approximate surface area is 615 Å². The number of ketones is 2. The van der Waals surface area contributed by atoms with E-state index < -0.39 is 185 Å². The number of primary amides is 1. The van der Waals surface area contributed by atoms with E-state index in [1.54, 1.807) is 62.3 Å². The van der Waals surface area contributed by atoms with Crippen molar-refractivity contribution < 1.29 is 71.9 Å². The van der Waals surface area contributed by atoms with Gasteiger partial charge in [0.2, 0.25) is 88.4 Å². The van der Waals surface area contributed by atoms with E-state index in [9.17, 15) is 71.9 Å². The van der Waals surface area contributed by atoms with Gasteiger partial charge in [0.05, 0.1) is 18.5 Å². The summed E-state index contributed by atoms with van der Waals surface area (Å²) in [5.74, 6) is -7.92. The van der Waals surface area contributed by atoms with Gasteiger partial charge in [0.1, 0.15) is 72.5 Å². The minimum Gasteiger partial charge on any atom is -0.370 e. The molecule has 0 aromatic carbocycles. The summed E-state index contributed by atoms with van der Waals surface area (Å²) < 4.78 is 0. The zero-order chi connectivity index (χ0) is 79.8. The molecule has 0 aliphatic rings. The molecule has 25 N–H and O–H groups in total. The van der Waals surface area contributed by atoms with Crippen molar-refractivity contribution >= 4 is 88.4 Å². The number of hydrogen-bond acceptors (Lipinski definition) is 21. The summed E-state index contributed by atoms with van der Waals surface area (Å²) in [5.41, 5.74) is 31.2. The van der Waals surface area contributed by atoms with Crippen molar-refractivity contribution in [3.8, 4) is 0 Å². The molecule has 0 aliphatic heterocycles. The lowest BCUT2D eigenvalue weighted by Crippen LogP contribution is -2.60. The molecule has 0 aromatic rings. The SMILES string of the molecule is CCC(C)C(N)C(=O)C(=O)C(CC(N)=O)NC(=O)C(CC(C)C)NC(=O)C(CCCCN)NC(=O)C(C)NC(=O)C(CC(C)C)NC(=O)C(C)NC(=O)C(C)NC(=O)C(CC(C)C)NC(=O)C(C)NC(=O)C(CCCCN)NC(=O)C(CCCCN)NC(=O)C(NC(=O)C(CC(C)C)NN)C(C)CC. The van der Waals surface area contributed by atoms with Crippen molar-refractivity contribution in [1.82, 2.24) is 69.2 Å². The van der Waals surface area contributed by atoms with Crippen molar-refractivity contribution in [2.24, 2.45) is 70.0 Å². The van der Waals surface area contributed by atoms with Crippen molar-refractivity contribution in [3.63, 3.8) is 0 Å². The first kappa shape index (κ1) is 96.2. The molecule has 0 aromatic heterocycles. The van der Waals surface area contributed by atoms with Crippen LogP contribution in [0.1, 0.15) is 214 Å². The predicted octanol–water partition coefficient (Wildman–Crippen LogP) is -2.28. The van der Waals surface area contributed by atoms with Crippen molar-refractivity contribution in [2.45, 2.75) is 298 Å². The first-order chi connectivity index (χ1) is 48.6. The second-order valence-corrected chi connectivity index (χ2v) is 29.1. The molecule has 0 aliphatic carbocycles. The maximum Gasteiger partial charge on any atom is 0.243 e. The van der Waals surface area contributed by atoms with Gasteiger partial charge in [-0.3, -0.25) is 77.8 Å². The fourth-order valence-corrected chi connectivity index (χ4v) is 10.8. The minimum absolute atomic E-state index is 0.00863. The van der Waals surface area contributed by atoms with Crippen LogP contribution in [0.5, 0.6) is 0 Å². The van der Waals surface area contributed by atoms with Crippen LogP contribution in [0.2, 0.25) is 0 Å². The molecule has 0 heterocycles. The van der Waals surface area contributed by atoms with Crippen LogP contribution < -0.4 is 104 Å². The molecule has 34 nitrogen and oxygen atoms in total. The number of rotatable bonds is 54. The third-order valence-electron chi connectivity index (χ3n) is 17.6. The van der Waals surface area contributed by atoms with Gasteiger partial charge < -0.3 is 92.5 Å². The topological polar surface area (TPSA) is 569 Å². The summed E-state index contributed by atoms with van der Waals surface area (Å²) in [7, 11) is 0. The summed E-state index contributed by atoms with van der Waals surface area (Å²) in [6.45, 7) is 27.8. The normalized spacial score (nSPS) is 16.1. The van der Waals surface area contributed by atoms with Crippen LogP contribution in [-0.4, -0.2) is 193 Å². The lowest BCUT2D eigenvalue weighted by Gasteiger charge is -2.29. The Morgan fingerprint density at radius 3 is 0.885 bits per heavy atom. The van der Waals surface area contributed by atoms with E-state index in [0.29, 0.717) is 64.3 Å². The summed E-state index contributed by atoms with van der Waals surface area (Å²) >= 11 is 0. The van der Waals surface area contributed by atoms with Crippen LogP contribution >= 0.6 is 0 Å². The summed E-state index contributed by atoms with van der Waals surface area (Å²) in [4.78, 5) is 205. The number of Topliss-reactive ketones (excluding diaryl/α,β-unsaturated/α-hetero) is 2. The molecule has 13 amide bonds. The molecule has 0 radical (unpaired) electrons. The lowest BCUT2D eigenvalue weighted by atomic mass is 9.91. The van der Waals surface area contributed by atoms with Gasteiger partial charge >= 0.3 is 0 Å². The summed E-state index contributed by atoms with van der Waals surface area (Å²) in [5, 5.41) is 31.5. The predicted molar refractivity (Wildman–Crippen MR) is 394 cm³/mol. The van der Waals surface area contributed by atoms with Crippen LogP contribution in [0, 0.1) is 35.5 Å². The van der Waals surface area contributed by atoms with E-state index in [1.807, 2.05) is 20.8 Å². The highest BCUT2D eigenvalue weighted by atomic mass is 16.2. The Morgan fingerprint density at radius 2 is 0.558 bits per heavy atom. The van der Waals surface area contributed by atoms with E-state index >= 15 is 0 Å². The highest BCUT2D eigenvalue weighted by molar-refractivity contribution is 6.41. The zero-order valence-corrected chi connectivity index (χ0v) is 64.6. The molecule has 596 valence electrons. The number of hydrogen-bond donors (Lipinski definition) is 19. The maximum atomic E-state index is 14.2.